The van der Waals surface area contributed by atoms with Crippen molar-refractivity contribution in [2.75, 3.05) is 31.0 Å². The van der Waals surface area contributed by atoms with Crippen molar-refractivity contribution in [3.63, 3.8) is 0 Å². The minimum absolute atomic E-state index is 0.205. The molecule has 8 nitrogen and oxygen atoms in total. The lowest BCUT2D eigenvalue weighted by atomic mass is 9.93. The number of anilines is 2. The maximum absolute atomic E-state index is 13.7. The lowest BCUT2D eigenvalue weighted by Crippen LogP contribution is -2.31. The van der Waals surface area contributed by atoms with Crippen LogP contribution in [0, 0.1) is 0 Å². The Labute approximate surface area is 202 Å². The van der Waals surface area contributed by atoms with Gasteiger partial charge in [-0.2, -0.15) is 0 Å². The third-order valence-corrected chi connectivity index (χ3v) is 6.31. The van der Waals surface area contributed by atoms with E-state index in [0.717, 1.165) is 28.0 Å². The van der Waals surface area contributed by atoms with E-state index in [9.17, 15) is 4.79 Å². The van der Waals surface area contributed by atoms with Gasteiger partial charge >= 0.3 is 0 Å². The van der Waals surface area contributed by atoms with Crippen LogP contribution in [-0.2, 0) is 4.79 Å². The zero-order valence-corrected chi connectivity index (χ0v) is 19.4. The predicted molar refractivity (Wildman–Crippen MR) is 133 cm³/mol. The number of rotatable bonds is 4. The fourth-order valence-corrected chi connectivity index (χ4v) is 4.68. The SMILES string of the molecule is COc1ccc(NC(=O)C2=C(C)Nc3nc4ccccc4n3C2c2ccc3c(c2)OCCO3)cc1. The molecule has 0 saturated heterocycles. The zero-order valence-electron chi connectivity index (χ0n) is 19.4. The minimum Gasteiger partial charge on any atom is -0.497 e. The van der Waals surface area contributed by atoms with Crippen LogP contribution >= 0.6 is 0 Å². The van der Waals surface area contributed by atoms with Crippen LogP contribution < -0.4 is 24.8 Å². The quantitative estimate of drug-likeness (QED) is 0.450. The number of aromatic nitrogens is 2. The lowest BCUT2D eigenvalue weighted by Gasteiger charge is -2.31. The smallest absolute Gasteiger partial charge is 0.255 e. The van der Waals surface area contributed by atoms with Gasteiger partial charge in [0.05, 0.1) is 29.8 Å². The first-order chi connectivity index (χ1) is 17.1. The molecule has 1 aromatic heterocycles. The van der Waals surface area contributed by atoms with Crippen LogP contribution in [0.1, 0.15) is 18.5 Å². The highest BCUT2D eigenvalue weighted by Gasteiger charge is 2.35. The fourth-order valence-electron chi connectivity index (χ4n) is 4.68. The van der Waals surface area contributed by atoms with Crippen LogP contribution in [0.25, 0.3) is 11.0 Å². The Morgan fingerprint density at radius 3 is 2.63 bits per heavy atom. The van der Waals surface area contributed by atoms with Crippen molar-refractivity contribution < 1.29 is 19.0 Å². The summed E-state index contributed by atoms with van der Waals surface area (Å²) in [5.74, 6) is 2.58. The maximum Gasteiger partial charge on any atom is 0.255 e. The maximum atomic E-state index is 13.7. The van der Waals surface area contributed by atoms with E-state index >= 15 is 0 Å². The number of allylic oxidation sites excluding steroid dienone is 1. The molecule has 4 aromatic rings. The highest BCUT2D eigenvalue weighted by molar-refractivity contribution is 6.06. The molecule has 3 heterocycles. The van der Waals surface area contributed by atoms with E-state index in [1.165, 1.54) is 0 Å². The molecule has 0 fully saturated rings. The molecule has 0 radical (unpaired) electrons. The van der Waals surface area contributed by atoms with Gasteiger partial charge in [-0.25, -0.2) is 4.98 Å². The third-order valence-electron chi connectivity index (χ3n) is 6.31. The number of nitrogens with zero attached hydrogens (tertiary/aromatic N) is 2. The van der Waals surface area contributed by atoms with Gasteiger partial charge in [0.25, 0.3) is 5.91 Å². The van der Waals surface area contributed by atoms with E-state index < -0.39 is 6.04 Å². The Morgan fingerprint density at radius 1 is 1.06 bits per heavy atom. The number of imidazole rings is 1. The number of para-hydroxylation sites is 2. The van der Waals surface area contributed by atoms with Crippen LogP contribution in [-0.4, -0.2) is 35.8 Å². The monoisotopic (exact) mass is 468 g/mol. The summed E-state index contributed by atoms with van der Waals surface area (Å²) in [5.41, 5.74) is 4.68. The number of benzene rings is 3. The molecule has 0 aliphatic carbocycles. The number of fused-ring (bicyclic) bond motifs is 4. The van der Waals surface area contributed by atoms with Crippen LogP contribution in [0.2, 0.25) is 0 Å². The molecule has 2 N–H and O–H groups in total. The molecular weight excluding hydrogens is 444 g/mol. The van der Waals surface area contributed by atoms with E-state index in [0.29, 0.717) is 41.9 Å². The Balaban J connectivity index is 1.47. The van der Waals surface area contributed by atoms with Gasteiger partial charge in [-0.15, -0.1) is 0 Å². The van der Waals surface area contributed by atoms with Gasteiger partial charge < -0.3 is 24.8 Å². The summed E-state index contributed by atoms with van der Waals surface area (Å²) in [5, 5.41) is 6.39. The number of carbonyl (C=O) groups is 1. The first-order valence-electron chi connectivity index (χ1n) is 11.4. The molecule has 0 saturated carbocycles. The number of methoxy groups -OCH3 is 1. The molecule has 2 aliphatic heterocycles. The number of hydrogen-bond acceptors (Lipinski definition) is 6. The standard InChI is InChI=1S/C27H24N4O4/c1-16-24(26(32)29-18-8-10-19(33-2)11-9-18)25(17-7-12-22-23(15-17)35-14-13-34-22)31-21-6-4-3-5-20(21)30-27(31)28-16/h3-12,15,25H,13-14H2,1-2H3,(H,28,30)(H,29,32). The lowest BCUT2D eigenvalue weighted by molar-refractivity contribution is -0.113. The Bertz CT molecular complexity index is 1470. The van der Waals surface area contributed by atoms with Gasteiger partial charge in [0.15, 0.2) is 11.5 Å². The molecule has 1 amide bonds. The summed E-state index contributed by atoms with van der Waals surface area (Å²) in [6.45, 7) is 2.91. The van der Waals surface area contributed by atoms with Crippen LogP contribution in [0.4, 0.5) is 11.6 Å². The van der Waals surface area contributed by atoms with Crippen molar-refractivity contribution >= 4 is 28.6 Å². The van der Waals surface area contributed by atoms with Crippen LogP contribution in [0.5, 0.6) is 17.2 Å². The second-order valence-corrected chi connectivity index (χ2v) is 8.45. The molecule has 1 unspecified atom stereocenters. The second kappa shape index (κ2) is 8.39. The van der Waals surface area contributed by atoms with E-state index in [1.807, 2.05) is 73.7 Å². The zero-order chi connectivity index (χ0) is 23.9. The van der Waals surface area contributed by atoms with Crippen molar-refractivity contribution in [3.05, 3.63) is 83.6 Å². The van der Waals surface area contributed by atoms with E-state index in [1.54, 1.807) is 7.11 Å². The van der Waals surface area contributed by atoms with Crippen LogP contribution in [0.15, 0.2) is 78.0 Å². The van der Waals surface area contributed by atoms with E-state index in [-0.39, 0.29) is 5.91 Å². The normalized spacial score (nSPS) is 16.5. The average Bonchev–Trinajstić information content (AvgIpc) is 3.25. The number of ether oxygens (including phenoxy) is 3. The summed E-state index contributed by atoms with van der Waals surface area (Å²) in [4.78, 5) is 18.5. The molecule has 1 atom stereocenters. The molecule has 8 heteroatoms. The molecule has 2 aliphatic rings. The topological polar surface area (TPSA) is 86.6 Å². The largest absolute Gasteiger partial charge is 0.497 e. The fraction of sp³-hybridized carbons (Fsp3) is 0.185. The van der Waals surface area contributed by atoms with Crippen LogP contribution in [0.3, 0.4) is 0 Å². The van der Waals surface area contributed by atoms with Gasteiger partial charge in [-0.1, -0.05) is 18.2 Å². The Morgan fingerprint density at radius 2 is 1.83 bits per heavy atom. The average molecular weight is 469 g/mol. The van der Waals surface area contributed by atoms with Gasteiger partial charge in [0.1, 0.15) is 19.0 Å². The van der Waals surface area contributed by atoms with Crippen molar-refractivity contribution in [2.24, 2.45) is 0 Å². The molecular formula is C27H24N4O4. The summed E-state index contributed by atoms with van der Waals surface area (Å²) < 4.78 is 18.9. The predicted octanol–water partition coefficient (Wildman–Crippen LogP) is 4.74. The number of hydrogen-bond donors (Lipinski definition) is 2. The first-order valence-corrected chi connectivity index (χ1v) is 11.4. The first kappa shape index (κ1) is 21.1. The number of carbonyl (C=O) groups excluding carboxylic acids is 1. The van der Waals surface area contributed by atoms with Gasteiger partial charge in [-0.05, 0) is 61.0 Å². The van der Waals surface area contributed by atoms with Gasteiger partial charge in [0, 0.05) is 11.4 Å². The highest BCUT2D eigenvalue weighted by atomic mass is 16.6. The molecule has 35 heavy (non-hydrogen) atoms. The summed E-state index contributed by atoms with van der Waals surface area (Å²) in [7, 11) is 1.61. The highest BCUT2D eigenvalue weighted by Crippen LogP contribution is 2.42. The van der Waals surface area contributed by atoms with E-state index in [2.05, 4.69) is 15.2 Å². The number of amides is 1. The van der Waals surface area contributed by atoms with Gasteiger partial charge in [-0.3, -0.25) is 9.36 Å². The second-order valence-electron chi connectivity index (χ2n) is 8.45. The summed E-state index contributed by atoms with van der Waals surface area (Å²) in [6, 6.07) is 20.6. The molecule has 0 spiro atoms. The molecule has 176 valence electrons. The third kappa shape index (κ3) is 3.63. The molecule has 6 rings (SSSR count). The summed E-state index contributed by atoms with van der Waals surface area (Å²) >= 11 is 0. The van der Waals surface area contributed by atoms with Crippen molar-refractivity contribution in [2.45, 2.75) is 13.0 Å². The van der Waals surface area contributed by atoms with Crippen molar-refractivity contribution in [3.8, 4) is 17.2 Å². The van der Waals surface area contributed by atoms with Crippen molar-refractivity contribution in [1.82, 2.24) is 9.55 Å². The molecule has 0 bridgehead atoms. The minimum atomic E-state index is -0.423. The number of nitrogens with one attached hydrogen (secondary N) is 2. The Kier molecular flexibility index (Phi) is 5.06. The van der Waals surface area contributed by atoms with Gasteiger partial charge in [0.2, 0.25) is 5.95 Å². The molecule has 3 aromatic carbocycles. The summed E-state index contributed by atoms with van der Waals surface area (Å²) in [6.07, 6.45) is 0. The van der Waals surface area contributed by atoms with Crippen molar-refractivity contribution in [1.29, 1.82) is 0 Å². The van der Waals surface area contributed by atoms with E-state index in [4.69, 9.17) is 19.2 Å². The Hall–Kier alpha value is -4.46.